The molecule has 0 aromatic carbocycles. The molecule has 3 aliphatic carbocycles. The van der Waals surface area contributed by atoms with Crippen LogP contribution in [-0.2, 0) is 0 Å². The molecule has 0 bridgehead atoms. The number of hydrogen-bond donors (Lipinski definition) is 0. The van der Waals surface area contributed by atoms with Crippen LogP contribution in [0.3, 0.4) is 0 Å². The zero-order valence-electron chi connectivity index (χ0n) is 12.9. The second-order valence-corrected chi connectivity index (χ2v) is 7.77. The highest BCUT2D eigenvalue weighted by molar-refractivity contribution is 4.87. The summed E-state index contributed by atoms with van der Waals surface area (Å²) in [7, 11) is 0. The summed E-state index contributed by atoms with van der Waals surface area (Å²) in [6.45, 7) is 0. The first-order valence-electron chi connectivity index (χ1n) is 9.45. The molecular weight excluding hydrogens is 228 g/mol. The maximum Gasteiger partial charge on any atom is -0.0329 e. The quantitative estimate of drug-likeness (QED) is 0.556. The standard InChI is InChI=1S/C19H34/c1-4-10-16(11-5-1)19(17-12-6-2-7-13-17)18-14-8-3-9-15-18/h16-19H,1-15H2. The van der Waals surface area contributed by atoms with Crippen molar-refractivity contribution in [1.29, 1.82) is 0 Å². The van der Waals surface area contributed by atoms with Gasteiger partial charge in [0.2, 0.25) is 0 Å². The van der Waals surface area contributed by atoms with Gasteiger partial charge in [-0.15, -0.1) is 0 Å². The third-order valence-corrected chi connectivity index (χ3v) is 6.58. The number of hydrogen-bond acceptors (Lipinski definition) is 0. The molecule has 0 heterocycles. The second kappa shape index (κ2) is 7.14. The lowest BCUT2D eigenvalue weighted by atomic mass is 9.62. The molecule has 3 aliphatic rings. The van der Waals surface area contributed by atoms with Crippen molar-refractivity contribution in [3.8, 4) is 0 Å². The fraction of sp³-hybridized carbons (Fsp3) is 1.00. The first-order valence-corrected chi connectivity index (χ1v) is 9.45. The Morgan fingerprint density at radius 3 is 0.895 bits per heavy atom. The maximum atomic E-state index is 1.58. The van der Waals surface area contributed by atoms with Crippen LogP contribution in [0.2, 0.25) is 0 Å². The van der Waals surface area contributed by atoms with Gasteiger partial charge in [0.25, 0.3) is 0 Å². The van der Waals surface area contributed by atoms with Crippen molar-refractivity contribution in [1.82, 2.24) is 0 Å². The molecule has 110 valence electrons. The van der Waals surface area contributed by atoms with Crippen LogP contribution in [0.5, 0.6) is 0 Å². The molecular formula is C19H34. The van der Waals surface area contributed by atoms with Gasteiger partial charge < -0.3 is 0 Å². The Bertz CT molecular complexity index is 196. The molecule has 0 spiro atoms. The van der Waals surface area contributed by atoms with Crippen molar-refractivity contribution < 1.29 is 0 Å². The summed E-state index contributed by atoms with van der Waals surface area (Å²) in [5.74, 6) is 4.51. The van der Waals surface area contributed by atoms with Crippen molar-refractivity contribution in [2.45, 2.75) is 96.3 Å². The Kier molecular flexibility index (Phi) is 5.24. The lowest BCUT2D eigenvalue weighted by Gasteiger charge is -2.44. The first-order chi connectivity index (χ1) is 9.45. The molecule has 0 aromatic rings. The van der Waals surface area contributed by atoms with Crippen molar-refractivity contribution in [2.24, 2.45) is 23.7 Å². The highest BCUT2D eigenvalue weighted by Gasteiger charge is 2.36. The van der Waals surface area contributed by atoms with Crippen LogP contribution < -0.4 is 0 Å². The van der Waals surface area contributed by atoms with E-state index in [1.165, 1.54) is 19.3 Å². The normalized spacial score (nSPS) is 28.9. The van der Waals surface area contributed by atoms with Gasteiger partial charge in [-0.25, -0.2) is 0 Å². The summed E-state index contributed by atoms with van der Waals surface area (Å²) in [5.41, 5.74) is 0. The first kappa shape index (κ1) is 14.0. The molecule has 0 nitrogen and oxygen atoms in total. The summed E-state index contributed by atoms with van der Waals surface area (Å²) in [6, 6.07) is 0. The molecule has 0 heteroatoms. The molecule has 19 heavy (non-hydrogen) atoms. The Balaban J connectivity index is 1.68. The predicted octanol–water partition coefficient (Wildman–Crippen LogP) is 6.34. The largest absolute Gasteiger partial charge is 0.0533 e. The van der Waals surface area contributed by atoms with Crippen LogP contribution in [-0.4, -0.2) is 0 Å². The predicted molar refractivity (Wildman–Crippen MR) is 83.2 cm³/mol. The van der Waals surface area contributed by atoms with Gasteiger partial charge in [-0.3, -0.25) is 0 Å². The van der Waals surface area contributed by atoms with E-state index in [2.05, 4.69) is 0 Å². The van der Waals surface area contributed by atoms with Crippen molar-refractivity contribution in [2.75, 3.05) is 0 Å². The van der Waals surface area contributed by atoms with E-state index in [-0.39, 0.29) is 0 Å². The lowest BCUT2D eigenvalue weighted by Crippen LogP contribution is -2.34. The fourth-order valence-corrected chi connectivity index (χ4v) is 5.71. The molecule has 0 unspecified atom stereocenters. The Morgan fingerprint density at radius 2 is 0.632 bits per heavy atom. The monoisotopic (exact) mass is 262 g/mol. The zero-order chi connectivity index (χ0) is 12.9. The van der Waals surface area contributed by atoms with Crippen molar-refractivity contribution >= 4 is 0 Å². The number of rotatable bonds is 3. The topological polar surface area (TPSA) is 0 Å². The average molecular weight is 262 g/mol. The molecule has 3 saturated carbocycles. The average Bonchev–Trinajstić information content (AvgIpc) is 2.51. The third kappa shape index (κ3) is 3.56. The van der Waals surface area contributed by atoms with E-state index in [0.717, 1.165) is 23.7 Å². The molecule has 0 aromatic heterocycles. The Morgan fingerprint density at radius 1 is 0.368 bits per heavy atom. The molecule has 3 fully saturated rings. The van der Waals surface area contributed by atoms with E-state index >= 15 is 0 Å². The van der Waals surface area contributed by atoms with Crippen LogP contribution in [0.1, 0.15) is 96.3 Å². The molecule has 0 aliphatic heterocycles. The minimum absolute atomic E-state index is 1.12. The van der Waals surface area contributed by atoms with Crippen molar-refractivity contribution in [3.63, 3.8) is 0 Å². The summed E-state index contributed by atoms with van der Waals surface area (Å²) < 4.78 is 0. The van der Waals surface area contributed by atoms with Gasteiger partial charge >= 0.3 is 0 Å². The minimum Gasteiger partial charge on any atom is -0.0533 e. The van der Waals surface area contributed by atoms with Gasteiger partial charge in [0.15, 0.2) is 0 Å². The molecule has 3 rings (SSSR count). The molecule has 0 N–H and O–H groups in total. The second-order valence-electron chi connectivity index (χ2n) is 7.77. The van der Waals surface area contributed by atoms with E-state index in [1.807, 2.05) is 0 Å². The summed E-state index contributed by atoms with van der Waals surface area (Å²) in [4.78, 5) is 0. The van der Waals surface area contributed by atoms with E-state index in [1.54, 1.807) is 77.0 Å². The van der Waals surface area contributed by atoms with E-state index in [0.29, 0.717) is 0 Å². The maximum absolute atomic E-state index is 1.58. The minimum atomic E-state index is 1.12. The summed E-state index contributed by atoms with van der Waals surface area (Å²) in [6.07, 6.45) is 23.3. The van der Waals surface area contributed by atoms with Crippen LogP contribution in [0.15, 0.2) is 0 Å². The SMILES string of the molecule is C1CCC(C(C2CCCCC2)C2CCCCC2)CC1. The van der Waals surface area contributed by atoms with Crippen LogP contribution in [0.4, 0.5) is 0 Å². The van der Waals surface area contributed by atoms with Gasteiger partial charge in [-0.05, 0) is 23.7 Å². The molecule has 0 amide bonds. The van der Waals surface area contributed by atoms with E-state index < -0.39 is 0 Å². The van der Waals surface area contributed by atoms with Gasteiger partial charge in [0.05, 0.1) is 0 Å². The van der Waals surface area contributed by atoms with Gasteiger partial charge in [-0.2, -0.15) is 0 Å². The highest BCUT2D eigenvalue weighted by atomic mass is 14.4. The van der Waals surface area contributed by atoms with Crippen molar-refractivity contribution in [3.05, 3.63) is 0 Å². The molecule has 0 radical (unpaired) electrons. The Labute approximate surface area is 120 Å². The fourth-order valence-electron chi connectivity index (χ4n) is 5.71. The van der Waals surface area contributed by atoms with Crippen LogP contribution in [0, 0.1) is 23.7 Å². The van der Waals surface area contributed by atoms with E-state index in [4.69, 9.17) is 0 Å². The van der Waals surface area contributed by atoms with Gasteiger partial charge in [0.1, 0.15) is 0 Å². The van der Waals surface area contributed by atoms with Crippen LogP contribution in [0.25, 0.3) is 0 Å². The lowest BCUT2D eigenvalue weighted by molar-refractivity contribution is 0.0673. The van der Waals surface area contributed by atoms with Gasteiger partial charge in [-0.1, -0.05) is 96.3 Å². The molecule has 0 atom stereocenters. The van der Waals surface area contributed by atoms with Crippen LogP contribution >= 0.6 is 0 Å². The summed E-state index contributed by atoms with van der Waals surface area (Å²) in [5, 5.41) is 0. The van der Waals surface area contributed by atoms with Gasteiger partial charge in [0, 0.05) is 0 Å². The summed E-state index contributed by atoms with van der Waals surface area (Å²) >= 11 is 0. The highest BCUT2D eigenvalue weighted by Crippen LogP contribution is 2.47. The smallest absolute Gasteiger partial charge is 0.0329 e. The molecule has 0 saturated heterocycles. The Hall–Kier alpha value is 0. The van der Waals surface area contributed by atoms with E-state index in [9.17, 15) is 0 Å². The third-order valence-electron chi connectivity index (χ3n) is 6.58. The zero-order valence-corrected chi connectivity index (χ0v) is 12.9.